The third-order valence-corrected chi connectivity index (χ3v) is 6.00. The monoisotopic (exact) mass is 469 g/mol. The van der Waals surface area contributed by atoms with Gasteiger partial charge in [-0.15, -0.1) is 0 Å². The SMILES string of the molecule is O=C(Oc1c(F)c(F)c(F)c(F)c1F)c1ccc([C@H]2OC[C@@H]3C[C@@H](CC4CO4)C(=O)N32)cc1. The van der Waals surface area contributed by atoms with Crippen LogP contribution in [0.25, 0.3) is 0 Å². The zero-order chi connectivity index (χ0) is 23.4. The van der Waals surface area contributed by atoms with Crippen LogP contribution in [-0.2, 0) is 14.3 Å². The molecule has 11 heteroatoms. The first-order valence-electron chi connectivity index (χ1n) is 10.1. The molecule has 5 rings (SSSR count). The fraction of sp³-hybridized carbons (Fsp3) is 0.364. The number of fused-ring (bicyclic) bond motifs is 1. The molecule has 3 aliphatic rings. The van der Waals surface area contributed by atoms with E-state index in [0.717, 1.165) is 0 Å². The van der Waals surface area contributed by atoms with Gasteiger partial charge in [0.05, 0.1) is 30.9 Å². The summed E-state index contributed by atoms with van der Waals surface area (Å²) in [6, 6.07) is 5.36. The Bertz CT molecular complexity index is 1110. The van der Waals surface area contributed by atoms with Gasteiger partial charge in [0.15, 0.2) is 6.23 Å². The van der Waals surface area contributed by atoms with Crippen molar-refractivity contribution in [1.29, 1.82) is 0 Å². The van der Waals surface area contributed by atoms with Gasteiger partial charge in [-0.3, -0.25) is 4.79 Å². The van der Waals surface area contributed by atoms with Gasteiger partial charge in [0.25, 0.3) is 0 Å². The largest absolute Gasteiger partial charge is 0.416 e. The predicted octanol–water partition coefficient (Wildman–Crippen LogP) is 3.64. The quantitative estimate of drug-likeness (QED) is 0.167. The molecule has 6 nitrogen and oxygen atoms in total. The molecule has 3 aliphatic heterocycles. The molecule has 3 saturated heterocycles. The summed E-state index contributed by atoms with van der Waals surface area (Å²) >= 11 is 0. The highest BCUT2D eigenvalue weighted by molar-refractivity contribution is 5.91. The number of carbonyl (C=O) groups is 2. The number of esters is 1. The zero-order valence-electron chi connectivity index (χ0n) is 16.8. The van der Waals surface area contributed by atoms with Gasteiger partial charge in [0.1, 0.15) is 0 Å². The minimum Gasteiger partial charge on any atom is -0.416 e. The number of halogens is 5. The van der Waals surface area contributed by atoms with Crippen LogP contribution < -0.4 is 4.74 Å². The maximum atomic E-state index is 13.8. The summed E-state index contributed by atoms with van der Waals surface area (Å²) in [4.78, 5) is 26.7. The van der Waals surface area contributed by atoms with Gasteiger partial charge >= 0.3 is 5.97 Å². The molecule has 0 N–H and O–H groups in total. The highest BCUT2D eigenvalue weighted by Crippen LogP contribution is 2.42. The van der Waals surface area contributed by atoms with E-state index in [1.54, 1.807) is 4.90 Å². The first-order chi connectivity index (χ1) is 15.8. The van der Waals surface area contributed by atoms with E-state index in [4.69, 9.17) is 9.47 Å². The maximum Gasteiger partial charge on any atom is 0.343 e. The normalized spacial score (nSPS) is 26.0. The molecule has 1 amide bonds. The van der Waals surface area contributed by atoms with Crippen molar-refractivity contribution >= 4 is 11.9 Å². The summed E-state index contributed by atoms with van der Waals surface area (Å²) in [6.07, 6.45) is 0.803. The molecule has 0 spiro atoms. The van der Waals surface area contributed by atoms with Gasteiger partial charge in [-0.2, -0.15) is 8.78 Å². The van der Waals surface area contributed by atoms with E-state index in [2.05, 4.69) is 4.74 Å². The van der Waals surface area contributed by atoms with Gasteiger partial charge in [-0.1, -0.05) is 12.1 Å². The van der Waals surface area contributed by atoms with Gasteiger partial charge in [-0.25, -0.2) is 18.0 Å². The van der Waals surface area contributed by atoms with Crippen molar-refractivity contribution in [2.45, 2.75) is 31.2 Å². The molecule has 0 bridgehead atoms. The number of nitrogens with zero attached hydrogens (tertiary/aromatic N) is 1. The molecule has 0 aromatic heterocycles. The molecule has 0 radical (unpaired) electrons. The smallest absolute Gasteiger partial charge is 0.343 e. The third-order valence-electron chi connectivity index (χ3n) is 6.00. The van der Waals surface area contributed by atoms with E-state index in [-0.39, 0.29) is 29.5 Å². The van der Waals surface area contributed by atoms with Crippen molar-refractivity contribution in [3.63, 3.8) is 0 Å². The molecular weight excluding hydrogens is 453 g/mol. The molecule has 0 aliphatic carbocycles. The Hall–Kier alpha value is -3.05. The highest BCUT2D eigenvalue weighted by atomic mass is 19.2. The van der Waals surface area contributed by atoms with Gasteiger partial charge in [0, 0.05) is 11.5 Å². The van der Waals surface area contributed by atoms with E-state index in [1.165, 1.54) is 24.3 Å². The highest BCUT2D eigenvalue weighted by Gasteiger charge is 2.49. The van der Waals surface area contributed by atoms with Crippen LogP contribution in [0.5, 0.6) is 5.75 Å². The Morgan fingerprint density at radius 2 is 1.55 bits per heavy atom. The number of benzene rings is 2. The molecule has 2 aromatic carbocycles. The zero-order valence-corrected chi connectivity index (χ0v) is 16.8. The predicted molar refractivity (Wildman–Crippen MR) is 99.4 cm³/mol. The second-order valence-corrected chi connectivity index (χ2v) is 8.12. The van der Waals surface area contributed by atoms with Crippen LogP contribution in [0.15, 0.2) is 24.3 Å². The van der Waals surface area contributed by atoms with Crippen LogP contribution in [0.2, 0.25) is 0 Å². The first-order valence-corrected chi connectivity index (χ1v) is 10.1. The molecule has 3 heterocycles. The van der Waals surface area contributed by atoms with Crippen molar-refractivity contribution in [2.75, 3.05) is 13.2 Å². The number of hydrogen-bond donors (Lipinski definition) is 0. The molecule has 2 aromatic rings. The van der Waals surface area contributed by atoms with Crippen LogP contribution >= 0.6 is 0 Å². The van der Waals surface area contributed by atoms with Gasteiger partial charge in [0.2, 0.25) is 40.7 Å². The van der Waals surface area contributed by atoms with Crippen molar-refractivity contribution in [1.82, 2.24) is 4.90 Å². The second-order valence-electron chi connectivity index (χ2n) is 8.12. The lowest BCUT2D eigenvalue weighted by molar-refractivity contribution is -0.137. The Morgan fingerprint density at radius 3 is 2.15 bits per heavy atom. The molecule has 3 fully saturated rings. The van der Waals surface area contributed by atoms with Crippen LogP contribution in [-0.4, -0.2) is 42.1 Å². The summed E-state index contributed by atoms with van der Waals surface area (Å²) in [5.74, 6) is -14.5. The topological polar surface area (TPSA) is 68.4 Å². The molecule has 0 saturated carbocycles. The Kier molecular flexibility index (Phi) is 5.32. The minimum atomic E-state index is -2.35. The lowest BCUT2D eigenvalue weighted by Crippen LogP contribution is -2.32. The van der Waals surface area contributed by atoms with Crippen LogP contribution in [0.4, 0.5) is 22.0 Å². The van der Waals surface area contributed by atoms with Crippen LogP contribution in [0, 0.1) is 35.0 Å². The van der Waals surface area contributed by atoms with Crippen molar-refractivity contribution < 1.29 is 45.8 Å². The summed E-state index contributed by atoms with van der Waals surface area (Å²) in [7, 11) is 0. The van der Waals surface area contributed by atoms with E-state index in [9.17, 15) is 31.5 Å². The number of epoxide rings is 1. The third kappa shape index (κ3) is 3.74. The number of carbonyl (C=O) groups excluding carboxylic acids is 2. The fourth-order valence-electron chi connectivity index (χ4n) is 4.26. The van der Waals surface area contributed by atoms with Crippen LogP contribution in [0.1, 0.15) is 35.0 Å². The molecule has 1 unspecified atom stereocenters. The number of hydrogen-bond acceptors (Lipinski definition) is 5. The molecule has 174 valence electrons. The summed E-state index contributed by atoms with van der Waals surface area (Å²) in [5.41, 5.74) is 0.357. The maximum absolute atomic E-state index is 13.8. The second kappa shape index (κ2) is 8.07. The van der Waals surface area contributed by atoms with E-state index >= 15 is 0 Å². The van der Waals surface area contributed by atoms with Gasteiger partial charge in [-0.05, 0) is 25.0 Å². The number of rotatable bonds is 5. The van der Waals surface area contributed by atoms with Crippen LogP contribution in [0.3, 0.4) is 0 Å². The molecule has 4 atom stereocenters. The summed E-state index contributed by atoms with van der Waals surface area (Å²) in [6.45, 7) is 1.03. The average Bonchev–Trinajstić information content (AvgIpc) is 3.46. The van der Waals surface area contributed by atoms with E-state index < -0.39 is 47.0 Å². The lowest BCUT2D eigenvalue weighted by atomic mass is 10.00. The lowest BCUT2D eigenvalue weighted by Gasteiger charge is -2.23. The summed E-state index contributed by atoms with van der Waals surface area (Å²) < 4.78 is 82.7. The number of amides is 1. The van der Waals surface area contributed by atoms with Crippen molar-refractivity contribution in [2.24, 2.45) is 5.92 Å². The first kappa shape index (κ1) is 21.8. The Labute approximate surface area is 183 Å². The van der Waals surface area contributed by atoms with Gasteiger partial charge < -0.3 is 19.1 Å². The fourth-order valence-corrected chi connectivity index (χ4v) is 4.26. The Balaban J connectivity index is 1.31. The van der Waals surface area contributed by atoms with Crippen molar-refractivity contribution in [3.05, 3.63) is 64.5 Å². The number of ether oxygens (including phenoxy) is 3. The van der Waals surface area contributed by atoms with E-state index in [1.807, 2.05) is 0 Å². The average molecular weight is 469 g/mol. The molecule has 33 heavy (non-hydrogen) atoms. The summed E-state index contributed by atoms with van der Waals surface area (Å²) in [5, 5.41) is 0. The standard InChI is InChI=1S/C22H16F5NO5/c23-14-15(24)17(26)19(18(27)16(14)25)33-22(30)10-3-1-9(2-4-10)21-28-12(7-32-21)5-11(20(28)29)6-13-8-31-13/h1-4,11-13,21H,5-8H2/t11-,12-,13?,21+/m0/s1. The Morgan fingerprint density at radius 1 is 0.939 bits per heavy atom. The minimum absolute atomic E-state index is 0.0344. The molecular formula is C22H16F5NO5. The van der Waals surface area contributed by atoms with Crippen molar-refractivity contribution in [3.8, 4) is 5.75 Å². The van der Waals surface area contributed by atoms with E-state index in [0.29, 0.717) is 31.6 Å².